The van der Waals surface area contributed by atoms with Crippen molar-refractivity contribution in [3.05, 3.63) is 108 Å². The smallest absolute Gasteiger partial charge is 0.0126 e. The quantitative estimate of drug-likeness (QED) is 0.342. The predicted molar refractivity (Wildman–Crippen MR) is 138 cm³/mol. The molecule has 0 radical (unpaired) electrons. The molecule has 3 aromatic carbocycles. The standard InChI is InChI=1S/C31H36/c1-8-9-12-25-15-17-26(18-16-25)23(3)24(4)27-19-20-28(22(2)21-27)29-13-10-11-14-30(29)31(5,6)7/h10-11,13-21H,3-4,8-9,12H2,1-2,5-7H3. The van der Waals surface area contributed by atoms with Gasteiger partial charge >= 0.3 is 0 Å². The summed E-state index contributed by atoms with van der Waals surface area (Å²) in [7, 11) is 0. The summed E-state index contributed by atoms with van der Waals surface area (Å²) in [5.41, 5.74) is 11.0. The van der Waals surface area contributed by atoms with E-state index in [0.717, 1.165) is 28.7 Å². The topological polar surface area (TPSA) is 0 Å². The SMILES string of the molecule is C=C(C(=C)c1ccc(-c2ccccc2C(C)(C)C)c(C)c1)c1ccc(CCCC)cc1. The fraction of sp³-hybridized carbons (Fsp3) is 0.290. The number of hydrogen-bond acceptors (Lipinski definition) is 0. The first kappa shape index (κ1) is 22.8. The van der Waals surface area contributed by atoms with Crippen LogP contribution in [0.15, 0.2) is 79.9 Å². The van der Waals surface area contributed by atoms with Crippen LogP contribution in [0.4, 0.5) is 0 Å². The number of allylic oxidation sites excluding steroid dienone is 2. The second-order valence-corrected chi connectivity index (χ2v) is 9.58. The molecule has 0 N–H and O–H groups in total. The summed E-state index contributed by atoms with van der Waals surface area (Å²) in [6, 6.07) is 24.2. The number of rotatable bonds is 7. The summed E-state index contributed by atoms with van der Waals surface area (Å²) in [6.45, 7) is 20.0. The Morgan fingerprint density at radius 2 is 1.39 bits per heavy atom. The first-order valence-corrected chi connectivity index (χ1v) is 11.4. The molecule has 0 bridgehead atoms. The van der Waals surface area contributed by atoms with Crippen LogP contribution in [0, 0.1) is 6.92 Å². The van der Waals surface area contributed by atoms with Crippen LogP contribution in [0.5, 0.6) is 0 Å². The van der Waals surface area contributed by atoms with Gasteiger partial charge in [0.1, 0.15) is 0 Å². The summed E-state index contributed by atoms with van der Waals surface area (Å²) in [6.07, 6.45) is 3.60. The van der Waals surface area contributed by atoms with E-state index in [9.17, 15) is 0 Å². The van der Waals surface area contributed by atoms with E-state index in [2.05, 4.69) is 115 Å². The van der Waals surface area contributed by atoms with Crippen LogP contribution >= 0.6 is 0 Å². The largest absolute Gasteiger partial charge is 0.0906 e. The molecule has 3 aromatic rings. The van der Waals surface area contributed by atoms with Gasteiger partial charge in [0.05, 0.1) is 0 Å². The maximum Gasteiger partial charge on any atom is -0.0126 e. The highest BCUT2D eigenvalue weighted by Crippen LogP contribution is 2.36. The van der Waals surface area contributed by atoms with Crippen molar-refractivity contribution in [3.63, 3.8) is 0 Å². The zero-order valence-corrected chi connectivity index (χ0v) is 19.9. The van der Waals surface area contributed by atoms with Gasteiger partial charge in [-0.1, -0.05) is 114 Å². The summed E-state index contributed by atoms with van der Waals surface area (Å²) < 4.78 is 0. The molecule has 0 aromatic heterocycles. The lowest BCUT2D eigenvalue weighted by molar-refractivity contribution is 0.592. The number of unbranched alkanes of at least 4 members (excludes halogenated alkanes) is 1. The van der Waals surface area contributed by atoms with Crippen LogP contribution < -0.4 is 0 Å². The molecule has 0 nitrogen and oxygen atoms in total. The fourth-order valence-corrected chi connectivity index (χ4v) is 4.13. The van der Waals surface area contributed by atoms with Gasteiger partial charge in [-0.3, -0.25) is 0 Å². The Morgan fingerprint density at radius 3 is 2.00 bits per heavy atom. The molecule has 0 heterocycles. The molecule has 0 atom stereocenters. The first-order valence-electron chi connectivity index (χ1n) is 11.4. The monoisotopic (exact) mass is 408 g/mol. The van der Waals surface area contributed by atoms with E-state index in [4.69, 9.17) is 0 Å². The van der Waals surface area contributed by atoms with Crippen LogP contribution in [-0.2, 0) is 11.8 Å². The van der Waals surface area contributed by atoms with Gasteiger partial charge in [0.25, 0.3) is 0 Å². The molecule has 160 valence electrons. The second-order valence-electron chi connectivity index (χ2n) is 9.58. The first-order chi connectivity index (χ1) is 14.7. The van der Waals surface area contributed by atoms with Crippen molar-refractivity contribution in [3.8, 4) is 11.1 Å². The van der Waals surface area contributed by atoms with Gasteiger partial charge in [0.2, 0.25) is 0 Å². The molecule has 0 unspecified atom stereocenters. The molecule has 0 saturated heterocycles. The third-order valence-electron chi connectivity index (χ3n) is 6.09. The molecule has 0 saturated carbocycles. The van der Waals surface area contributed by atoms with Gasteiger partial charge in [-0.25, -0.2) is 0 Å². The summed E-state index contributed by atoms with van der Waals surface area (Å²) in [5, 5.41) is 0. The van der Waals surface area contributed by atoms with Gasteiger partial charge in [0.15, 0.2) is 0 Å². The molecule has 3 rings (SSSR count). The third kappa shape index (κ3) is 5.25. The van der Waals surface area contributed by atoms with Crippen LogP contribution in [0.25, 0.3) is 22.3 Å². The minimum absolute atomic E-state index is 0.100. The van der Waals surface area contributed by atoms with Gasteiger partial charge in [-0.2, -0.15) is 0 Å². The summed E-state index contributed by atoms with van der Waals surface area (Å²) in [4.78, 5) is 0. The third-order valence-corrected chi connectivity index (χ3v) is 6.09. The minimum Gasteiger partial charge on any atom is -0.0906 e. The Labute approximate surface area is 189 Å². The van der Waals surface area contributed by atoms with Crippen LogP contribution in [0.3, 0.4) is 0 Å². The van der Waals surface area contributed by atoms with Gasteiger partial charge in [0, 0.05) is 0 Å². The fourth-order valence-electron chi connectivity index (χ4n) is 4.13. The van der Waals surface area contributed by atoms with Gasteiger partial charge in [-0.15, -0.1) is 0 Å². The lowest BCUT2D eigenvalue weighted by Gasteiger charge is -2.24. The lowest BCUT2D eigenvalue weighted by atomic mass is 9.80. The molecule has 0 fully saturated rings. The Bertz CT molecular complexity index is 1070. The Hall–Kier alpha value is -2.86. The van der Waals surface area contributed by atoms with Crippen molar-refractivity contribution in [1.82, 2.24) is 0 Å². The highest BCUT2D eigenvalue weighted by atomic mass is 14.2. The predicted octanol–water partition coefficient (Wildman–Crippen LogP) is 9.03. The van der Waals surface area contributed by atoms with E-state index in [1.54, 1.807) is 0 Å². The number of aryl methyl sites for hydroxylation is 2. The summed E-state index contributed by atoms with van der Waals surface area (Å²) >= 11 is 0. The molecular weight excluding hydrogens is 372 g/mol. The van der Waals surface area contributed by atoms with E-state index in [1.807, 2.05) is 0 Å². The Morgan fingerprint density at radius 1 is 0.774 bits per heavy atom. The van der Waals surface area contributed by atoms with Crippen molar-refractivity contribution in [1.29, 1.82) is 0 Å². The maximum atomic E-state index is 4.37. The van der Waals surface area contributed by atoms with Crippen molar-refractivity contribution in [2.24, 2.45) is 0 Å². The molecule has 0 heteroatoms. The van der Waals surface area contributed by atoms with E-state index in [1.165, 1.54) is 40.7 Å². The van der Waals surface area contributed by atoms with Crippen LogP contribution in [0.2, 0.25) is 0 Å². The highest BCUT2D eigenvalue weighted by Gasteiger charge is 2.19. The van der Waals surface area contributed by atoms with Gasteiger partial charge in [-0.05, 0) is 75.3 Å². The maximum absolute atomic E-state index is 4.37. The normalized spacial score (nSPS) is 11.4. The van der Waals surface area contributed by atoms with E-state index >= 15 is 0 Å². The summed E-state index contributed by atoms with van der Waals surface area (Å²) in [5.74, 6) is 0. The molecule has 0 aliphatic carbocycles. The molecule has 0 amide bonds. The van der Waals surface area contributed by atoms with Crippen molar-refractivity contribution in [2.45, 2.75) is 59.3 Å². The van der Waals surface area contributed by atoms with Gasteiger partial charge < -0.3 is 0 Å². The molecule has 0 aliphatic rings. The average Bonchev–Trinajstić information content (AvgIpc) is 2.76. The highest BCUT2D eigenvalue weighted by molar-refractivity contribution is 6.03. The average molecular weight is 409 g/mol. The van der Waals surface area contributed by atoms with Crippen molar-refractivity contribution < 1.29 is 0 Å². The van der Waals surface area contributed by atoms with E-state index < -0.39 is 0 Å². The van der Waals surface area contributed by atoms with Crippen molar-refractivity contribution in [2.75, 3.05) is 0 Å². The lowest BCUT2D eigenvalue weighted by Crippen LogP contribution is -2.12. The zero-order chi connectivity index (χ0) is 22.6. The van der Waals surface area contributed by atoms with E-state index in [0.29, 0.717) is 0 Å². The molecule has 31 heavy (non-hydrogen) atoms. The second kappa shape index (κ2) is 9.52. The molecule has 0 spiro atoms. The Balaban J connectivity index is 1.86. The van der Waals surface area contributed by atoms with Crippen molar-refractivity contribution >= 4 is 11.1 Å². The molecule has 0 aliphatic heterocycles. The van der Waals surface area contributed by atoms with E-state index in [-0.39, 0.29) is 5.41 Å². The molecular formula is C31H36. The van der Waals surface area contributed by atoms with Crippen LogP contribution in [-0.4, -0.2) is 0 Å². The Kier molecular flexibility index (Phi) is 7.01. The van der Waals surface area contributed by atoms with Crippen LogP contribution in [0.1, 0.15) is 68.4 Å². The number of benzene rings is 3. The number of hydrogen-bond donors (Lipinski definition) is 0. The zero-order valence-electron chi connectivity index (χ0n) is 19.9. The minimum atomic E-state index is 0.100.